The fourth-order valence-electron chi connectivity index (χ4n) is 4.65. The summed E-state index contributed by atoms with van der Waals surface area (Å²) in [6, 6.07) is 13.6. The Morgan fingerprint density at radius 1 is 1.02 bits per heavy atom. The Hall–Kier alpha value is -5.01. The van der Waals surface area contributed by atoms with Crippen LogP contribution in [0.2, 0.25) is 0 Å². The number of amides is 1. The molecule has 42 heavy (non-hydrogen) atoms. The largest absolute Gasteiger partial charge is 0.337 e. The Labute approximate surface area is 239 Å². The number of aromatic amines is 2. The molecule has 4 heterocycles. The van der Waals surface area contributed by atoms with Gasteiger partial charge in [-0.05, 0) is 47.5 Å². The lowest BCUT2D eigenvalue weighted by molar-refractivity contribution is -0.115. The summed E-state index contributed by atoms with van der Waals surface area (Å²) in [5, 5.41) is 11.1. The fraction of sp³-hybridized carbons (Fsp3) is 0.138. The first-order chi connectivity index (χ1) is 20.2. The molecule has 0 bridgehead atoms. The molecule has 13 heteroatoms. The number of hydrogen-bond donors (Lipinski definition) is 4. The normalized spacial score (nSPS) is 11.8. The molecule has 2 aromatic carbocycles. The van der Waals surface area contributed by atoms with Crippen molar-refractivity contribution < 1.29 is 17.6 Å². The molecule has 0 aliphatic heterocycles. The number of carbonyl (C=O) groups is 1. The van der Waals surface area contributed by atoms with Crippen molar-refractivity contribution in [1.82, 2.24) is 34.9 Å². The Morgan fingerprint density at radius 2 is 1.88 bits per heavy atom. The average Bonchev–Trinajstić information content (AvgIpc) is 3.59. The van der Waals surface area contributed by atoms with E-state index in [0.717, 1.165) is 22.7 Å². The highest BCUT2D eigenvalue weighted by atomic mass is 32.2. The number of aromatic nitrogens is 6. The van der Waals surface area contributed by atoms with Gasteiger partial charge in [-0.15, -0.1) is 0 Å². The number of benzene rings is 2. The molecule has 0 fully saturated rings. The quantitative estimate of drug-likeness (QED) is 0.201. The maximum Gasteiger partial charge on any atom is 0.224 e. The number of para-hydroxylation sites is 1. The van der Waals surface area contributed by atoms with Crippen LogP contribution in [0.5, 0.6) is 0 Å². The molecule has 0 aliphatic carbocycles. The number of nitrogens with one attached hydrogen (secondary N) is 4. The van der Waals surface area contributed by atoms with Gasteiger partial charge in [0.2, 0.25) is 15.9 Å². The topological polar surface area (TPSA) is 158 Å². The highest BCUT2D eigenvalue weighted by Gasteiger charge is 2.17. The van der Waals surface area contributed by atoms with Gasteiger partial charge in [0, 0.05) is 35.7 Å². The Morgan fingerprint density at radius 3 is 2.69 bits per heavy atom. The van der Waals surface area contributed by atoms with Crippen molar-refractivity contribution in [2.75, 3.05) is 11.6 Å². The van der Waals surface area contributed by atoms with E-state index in [2.05, 4.69) is 35.2 Å². The van der Waals surface area contributed by atoms with E-state index < -0.39 is 15.8 Å². The van der Waals surface area contributed by atoms with E-state index >= 15 is 0 Å². The van der Waals surface area contributed by atoms with Crippen molar-refractivity contribution >= 4 is 43.6 Å². The molecular weight excluding hydrogens is 559 g/mol. The standard InChI is InChI=1S/C29H25FN8O3S/c1-3-26(39)34-20-10-18(13-31-14-20)24-11-22-25(15-32-24)37-38-28(22)29-35-23-6-4-5-21(27(23)36-29)17-7-16(8-19(30)9-17)12-33-42(2,40)41/h4-11,13-15,33H,3,12H2,1-2H3,(H,34,39)(H,35,36)(H,37,38). The summed E-state index contributed by atoms with van der Waals surface area (Å²) in [6.07, 6.45) is 6.33. The Balaban J connectivity index is 1.39. The second kappa shape index (κ2) is 10.8. The van der Waals surface area contributed by atoms with Gasteiger partial charge in [-0.2, -0.15) is 5.10 Å². The second-order valence-corrected chi connectivity index (χ2v) is 11.6. The zero-order chi connectivity index (χ0) is 29.4. The lowest BCUT2D eigenvalue weighted by Gasteiger charge is -2.08. The van der Waals surface area contributed by atoms with E-state index in [1.807, 2.05) is 24.3 Å². The lowest BCUT2D eigenvalue weighted by Crippen LogP contribution is -2.21. The minimum absolute atomic E-state index is 0.0373. The number of anilines is 1. The monoisotopic (exact) mass is 584 g/mol. The van der Waals surface area contributed by atoms with Gasteiger partial charge in [0.25, 0.3) is 0 Å². The van der Waals surface area contributed by atoms with Crippen LogP contribution in [0.15, 0.2) is 67.1 Å². The number of carbonyl (C=O) groups excluding carboxylic acids is 1. The van der Waals surface area contributed by atoms with Crippen molar-refractivity contribution in [1.29, 1.82) is 0 Å². The van der Waals surface area contributed by atoms with Gasteiger partial charge in [-0.1, -0.05) is 19.1 Å². The van der Waals surface area contributed by atoms with Crippen molar-refractivity contribution in [3.63, 3.8) is 0 Å². The summed E-state index contributed by atoms with van der Waals surface area (Å²) >= 11 is 0. The predicted octanol–water partition coefficient (Wildman–Crippen LogP) is 4.77. The first kappa shape index (κ1) is 27.2. The number of hydrogen-bond acceptors (Lipinski definition) is 7. The van der Waals surface area contributed by atoms with Gasteiger partial charge in [0.1, 0.15) is 11.5 Å². The number of rotatable bonds is 8. The Bertz CT molecular complexity index is 2090. The molecule has 212 valence electrons. The maximum atomic E-state index is 14.6. The van der Waals surface area contributed by atoms with E-state index in [1.54, 1.807) is 37.6 Å². The van der Waals surface area contributed by atoms with E-state index in [1.165, 1.54) is 12.1 Å². The van der Waals surface area contributed by atoms with Crippen LogP contribution in [0, 0.1) is 5.82 Å². The first-order valence-corrected chi connectivity index (χ1v) is 14.9. The third-order valence-corrected chi connectivity index (χ3v) is 7.30. The van der Waals surface area contributed by atoms with Gasteiger partial charge in [-0.3, -0.25) is 19.9 Å². The molecular formula is C29H25FN8O3S. The molecule has 0 radical (unpaired) electrons. The van der Waals surface area contributed by atoms with Crippen molar-refractivity contribution in [2.45, 2.75) is 19.9 Å². The SMILES string of the molecule is CCC(=O)Nc1cncc(-c2cc3c(-c4nc5c(-c6cc(F)cc(CNS(C)(=O)=O)c6)cccc5[nH]4)n[nH]c3cn2)c1. The molecule has 0 saturated carbocycles. The number of imidazole rings is 1. The molecule has 0 unspecified atom stereocenters. The summed E-state index contributed by atoms with van der Waals surface area (Å²) < 4.78 is 40.1. The number of fused-ring (bicyclic) bond motifs is 2. The number of sulfonamides is 1. The van der Waals surface area contributed by atoms with Crippen LogP contribution in [0.3, 0.4) is 0 Å². The molecule has 6 rings (SSSR count). The minimum atomic E-state index is -3.44. The van der Waals surface area contributed by atoms with Crippen LogP contribution in [0.25, 0.3) is 55.8 Å². The van der Waals surface area contributed by atoms with Crippen LogP contribution < -0.4 is 10.0 Å². The number of pyridine rings is 2. The molecule has 4 aromatic heterocycles. The van der Waals surface area contributed by atoms with E-state index in [4.69, 9.17) is 4.98 Å². The van der Waals surface area contributed by atoms with Gasteiger partial charge < -0.3 is 10.3 Å². The van der Waals surface area contributed by atoms with Gasteiger partial charge in [0.15, 0.2) is 5.82 Å². The third kappa shape index (κ3) is 5.60. The van der Waals surface area contributed by atoms with E-state index in [0.29, 0.717) is 57.0 Å². The van der Waals surface area contributed by atoms with E-state index in [9.17, 15) is 17.6 Å². The molecule has 0 atom stereocenters. The van der Waals surface area contributed by atoms with Crippen LogP contribution in [-0.4, -0.2) is 50.7 Å². The molecule has 1 amide bonds. The number of halogens is 1. The Kier molecular flexibility index (Phi) is 6.96. The molecule has 0 saturated heterocycles. The van der Waals surface area contributed by atoms with Gasteiger partial charge in [-0.25, -0.2) is 22.5 Å². The van der Waals surface area contributed by atoms with Crippen molar-refractivity contribution in [2.24, 2.45) is 0 Å². The van der Waals surface area contributed by atoms with Crippen LogP contribution in [-0.2, 0) is 21.4 Å². The predicted molar refractivity (Wildman–Crippen MR) is 158 cm³/mol. The molecule has 11 nitrogen and oxygen atoms in total. The summed E-state index contributed by atoms with van der Waals surface area (Å²) in [4.78, 5) is 28.8. The van der Waals surface area contributed by atoms with Crippen molar-refractivity contribution in [3.8, 4) is 33.9 Å². The van der Waals surface area contributed by atoms with Gasteiger partial charge >= 0.3 is 0 Å². The van der Waals surface area contributed by atoms with Crippen LogP contribution in [0.4, 0.5) is 10.1 Å². The number of nitrogens with zero attached hydrogens (tertiary/aromatic N) is 4. The molecule has 0 aliphatic rings. The van der Waals surface area contributed by atoms with Crippen molar-refractivity contribution in [3.05, 3.63) is 78.5 Å². The summed E-state index contributed by atoms with van der Waals surface area (Å²) in [6.45, 7) is 1.74. The number of H-pyrrole nitrogens is 2. The zero-order valence-electron chi connectivity index (χ0n) is 22.6. The molecule has 6 aromatic rings. The van der Waals surface area contributed by atoms with Crippen LogP contribution >= 0.6 is 0 Å². The fourth-order valence-corrected chi connectivity index (χ4v) is 5.08. The van der Waals surface area contributed by atoms with E-state index in [-0.39, 0.29) is 12.5 Å². The lowest BCUT2D eigenvalue weighted by atomic mass is 10.0. The van der Waals surface area contributed by atoms with Gasteiger partial charge in [0.05, 0.1) is 46.6 Å². The summed E-state index contributed by atoms with van der Waals surface area (Å²) in [5.74, 6) is -0.103. The highest BCUT2D eigenvalue weighted by Crippen LogP contribution is 2.33. The van der Waals surface area contributed by atoms with Crippen LogP contribution in [0.1, 0.15) is 18.9 Å². The second-order valence-electron chi connectivity index (χ2n) is 9.78. The summed E-state index contributed by atoms with van der Waals surface area (Å²) in [5.41, 5.74) is 6.24. The average molecular weight is 585 g/mol. The highest BCUT2D eigenvalue weighted by molar-refractivity contribution is 7.88. The minimum Gasteiger partial charge on any atom is -0.337 e. The third-order valence-electron chi connectivity index (χ3n) is 6.63. The summed E-state index contributed by atoms with van der Waals surface area (Å²) in [7, 11) is -3.44. The smallest absolute Gasteiger partial charge is 0.224 e. The first-order valence-electron chi connectivity index (χ1n) is 13.0. The molecule has 4 N–H and O–H groups in total. The molecule has 0 spiro atoms. The zero-order valence-corrected chi connectivity index (χ0v) is 23.4. The maximum absolute atomic E-state index is 14.6.